The van der Waals surface area contributed by atoms with Gasteiger partial charge in [-0.25, -0.2) is 0 Å². The van der Waals surface area contributed by atoms with E-state index in [0.717, 1.165) is 40.9 Å². The molecule has 6 heteroatoms. The number of non-ortho nitro benzene ring substituents is 1. The lowest BCUT2D eigenvalue weighted by molar-refractivity contribution is -0.384. The minimum Gasteiger partial charge on any atom is -0.497 e. The van der Waals surface area contributed by atoms with Crippen molar-refractivity contribution in [2.75, 3.05) is 7.11 Å². The number of nitro benzene ring substituents is 1. The Hall–Kier alpha value is -3.15. The molecule has 0 radical (unpaired) electrons. The van der Waals surface area contributed by atoms with E-state index < -0.39 is 0 Å². The molecular formula is C20H18N2O4. The summed E-state index contributed by atoms with van der Waals surface area (Å²) in [5.74, 6) is 1.55. The number of nitrogens with one attached hydrogen (secondary N) is 1. The van der Waals surface area contributed by atoms with Crippen LogP contribution in [0.25, 0.3) is 5.76 Å². The van der Waals surface area contributed by atoms with Crippen LogP contribution >= 0.6 is 0 Å². The highest BCUT2D eigenvalue weighted by Crippen LogP contribution is 2.45. The summed E-state index contributed by atoms with van der Waals surface area (Å²) >= 11 is 0. The van der Waals surface area contributed by atoms with Crippen LogP contribution in [-0.4, -0.2) is 17.9 Å². The topological polar surface area (TPSA) is 85.5 Å². The van der Waals surface area contributed by atoms with Gasteiger partial charge in [-0.15, -0.1) is 0 Å². The van der Waals surface area contributed by atoms with Gasteiger partial charge in [0.15, 0.2) is 5.90 Å². The zero-order valence-corrected chi connectivity index (χ0v) is 14.3. The van der Waals surface area contributed by atoms with Crippen molar-refractivity contribution < 1.29 is 14.4 Å². The molecule has 132 valence electrons. The Morgan fingerprint density at radius 2 is 2.08 bits per heavy atom. The van der Waals surface area contributed by atoms with Crippen LogP contribution in [0.2, 0.25) is 0 Å². The third-order valence-electron chi connectivity index (χ3n) is 5.04. The van der Waals surface area contributed by atoms with Crippen molar-refractivity contribution in [3.63, 3.8) is 0 Å². The molecule has 0 amide bonds. The van der Waals surface area contributed by atoms with Gasteiger partial charge in [-0.1, -0.05) is 18.2 Å². The van der Waals surface area contributed by atoms with E-state index in [9.17, 15) is 10.1 Å². The minimum absolute atomic E-state index is 0.0700. The number of hydrogen-bond donors (Lipinski definition) is 1. The van der Waals surface area contributed by atoms with Crippen molar-refractivity contribution in [2.24, 2.45) is 0 Å². The van der Waals surface area contributed by atoms with Gasteiger partial charge in [-0.3, -0.25) is 15.5 Å². The third kappa shape index (κ3) is 2.73. The van der Waals surface area contributed by atoms with Crippen molar-refractivity contribution in [1.82, 2.24) is 0 Å². The molecule has 1 atom stereocenters. The molecule has 1 N–H and O–H groups in total. The van der Waals surface area contributed by atoms with Crippen LogP contribution < -0.4 is 4.74 Å². The molecule has 2 aliphatic rings. The predicted octanol–water partition coefficient (Wildman–Crippen LogP) is 4.44. The minimum atomic E-state index is -0.384. The number of aryl methyl sites for hydroxylation is 1. The molecule has 1 aliphatic heterocycles. The van der Waals surface area contributed by atoms with Crippen LogP contribution in [0.4, 0.5) is 5.69 Å². The molecule has 0 aromatic heterocycles. The number of fused-ring (bicyclic) bond motifs is 2. The number of ether oxygens (including phenoxy) is 2. The Labute approximate surface area is 150 Å². The smallest absolute Gasteiger partial charge is 0.269 e. The Bertz CT molecular complexity index is 949. The van der Waals surface area contributed by atoms with E-state index in [1.54, 1.807) is 19.2 Å². The molecule has 4 rings (SSSR count). The van der Waals surface area contributed by atoms with Crippen LogP contribution in [0.3, 0.4) is 0 Å². The maximum atomic E-state index is 11.1. The summed E-state index contributed by atoms with van der Waals surface area (Å²) in [4.78, 5) is 10.7. The first kappa shape index (κ1) is 16.3. The van der Waals surface area contributed by atoms with E-state index in [1.807, 2.05) is 24.3 Å². The number of benzene rings is 2. The van der Waals surface area contributed by atoms with E-state index >= 15 is 0 Å². The van der Waals surface area contributed by atoms with Crippen molar-refractivity contribution in [3.05, 3.63) is 74.8 Å². The van der Waals surface area contributed by atoms with Gasteiger partial charge in [0.2, 0.25) is 0 Å². The molecule has 6 nitrogen and oxygen atoms in total. The average Bonchev–Trinajstić information content (AvgIpc) is 2.66. The van der Waals surface area contributed by atoms with Crippen LogP contribution in [0.1, 0.15) is 35.4 Å². The molecule has 1 heterocycles. The number of rotatable bonds is 3. The Morgan fingerprint density at radius 3 is 2.85 bits per heavy atom. The molecular weight excluding hydrogens is 332 g/mol. The second-order valence-corrected chi connectivity index (χ2v) is 6.51. The summed E-state index contributed by atoms with van der Waals surface area (Å²) in [6.45, 7) is 0. The number of methoxy groups -OCH3 is 1. The van der Waals surface area contributed by atoms with E-state index in [0.29, 0.717) is 12.2 Å². The zero-order chi connectivity index (χ0) is 18.3. The summed E-state index contributed by atoms with van der Waals surface area (Å²) in [7, 11) is 1.62. The zero-order valence-electron chi connectivity index (χ0n) is 14.3. The highest BCUT2D eigenvalue weighted by atomic mass is 16.6. The second-order valence-electron chi connectivity index (χ2n) is 6.51. The van der Waals surface area contributed by atoms with E-state index in [2.05, 4.69) is 0 Å². The molecule has 26 heavy (non-hydrogen) atoms. The van der Waals surface area contributed by atoms with Gasteiger partial charge in [-0.2, -0.15) is 0 Å². The normalized spacial score (nSPS) is 18.7. The standard InChI is InChI=1S/C20H18N2O4/c1-25-15-7-5-12-6-8-16-17(11-19(21)26-20(16)18(12)10-15)13-3-2-4-14(9-13)22(23)24/h2-5,7,9-10,17,21H,6,8,11H2,1H3. The van der Waals surface area contributed by atoms with Gasteiger partial charge in [0.05, 0.1) is 12.0 Å². The quantitative estimate of drug-likeness (QED) is 0.655. The Morgan fingerprint density at radius 1 is 1.23 bits per heavy atom. The van der Waals surface area contributed by atoms with Crippen molar-refractivity contribution in [1.29, 1.82) is 5.41 Å². The summed E-state index contributed by atoms with van der Waals surface area (Å²) in [5, 5.41) is 19.3. The van der Waals surface area contributed by atoms with E-state index in [-0.39, 0.29) is 22.4 Å². The van der Waals surface area contributed by atoms with Crippen LogP contribution in [-0.2, 0) is 11.2 Å². The molecule has 2 aromatic carbocycles. The van der Waals surface area contributed by atoms with Gasteiger partial charge in [0.25, 0.3) is 5.69 Å². The van der Waals surface area contributed by atoms with Gasteiger partial charge in [0, 0.05) is 30.0 Å². The summed E-state index contributed by atoms with van der Waals surface area (Å²) in [6, 6.07) is 12.6. The van der Waals surface area contributed by atoms with E-state index in [4.69, 9.17) is 14.9 Å². The lowest BCUT2D eigenvalue weighted by Gasteiger charge is -2.33. The first-order chi connectivity index (χ1) is 12.6. The molecule has 0 spiro atoms. The lowest BCUT2D eigenvalue weighted by Crippen LogP contribution is -2.23. The van der Waals surface area contributed by atoms with Crippen LogP contribution in [0, 0.1) is 15.5 Å². The molecule has 1 unspecified atom stereocenters. The third-order valence-corrected chi connectivity index (χ3v) is 5.04. The van der Waals surface area contributed by atoms with Gasteiger partial charge >= 0.3 is 0 Å². The molecule has 0 saturated carbocycles. The average molecular weight is 350 g/mol. The maximum Gasteiger partial charge on any atom is 0.269 e. The molecule has 0 fully saturated rings. The fraction of sp³-hybridized carbons (Fsp3) is 0.250. The summed E-state index contributed by atoms with van der Waals surface area (Å²) in [5.41, 5.74) is 4.14. The van der Waals surface area contributed by atoms with Gasteiger partial charge in [-0.05, 0) is 41.7 Å². The fourth-order valence-corrected chi connectivity index (χ4v) is 3.77. The summed E-state index contributed by atoms with van der Waals surface area (Å²) < 4.78 is 11.2. The molecule has 1 aliphatic carbocycles. The molecule has 0 bridgehead atoms. The fourth-order valence-electron chi connectivity index (χ4n) is 3.77. The predicted molar refractivity (Wildman–Crippen MR) is 97.5 cm³/mol. The van der Waals surface area contributed by atoms with Gasteiger partial charge in [0.1, 0.15) is 11.5 Å². The lowest BCUT2D eigenvalue weighted by atomic mass is 9.78. The van der Waals surface area contributed by atoms with Crippen LogP contribution in [0.15, 0.2) is 48.0 Å². The largest absolute Gasteiger partial charge is 0.497 e. The van der Waals surface area contributed by atoms with Gasteiger partial charge < -0.3 is 9.47 Å². The van der Waals surface area contributed by atoms with Crippen LogP contribution in [0.5, 0.6) is 5.75 Å². The monoisotopic (exact) mass is 350 g/mol. The second kappa shape index (κ2) is 6.29. The highest BCUT2D eigenvalue weighted by Gasteiger charge is 2.33. The Kier molecular flexibility index (Phi) is 3.95. The summed E-state index contributed by atoms with van der Waals surface area (Å²) in [6.07, 6.45) is 2.11. The number of allylic oxidation sites excluding steroid dienone is 1. The van der Waals surface area contributed by atoms with Crippen molar-refractivity contribution >= 4 is 17.3 Å². The van der Waals surface area contributed by atoms with Crippen molar-refractivity contribution in [2.45, 2.75) is 25.2 Å². The Balaban J connectivity index is 1.83. The number of nitrogens with zero attached hydrogens (tertiary/aromatic N) is 1. The highest BCUT2D eigenvalue weighted by molar-refractivity contribution is 5.87. The first-order valence-electron chi connectivity index (χ1n) is 8.47. The van der Waals surface area contributed by atoms with Crippen molar-refractivity contribution in [3.8, 4) is 5.75 Å². The van der Waals surface area contributed by atoms with E-state index in [1.165, 1.54) is 6.07 Å². The molecule has 0 saturated heterocycles. The first-order valence-corrected chi connectivity index (χ1v) is 8.47. The number of nitro groups is 1. The SMILES string of the molecule is COc1ccc2c(c1)C1=C(CC2)C(c2cccc([N+](=O)[O-])c2)CC(=N)O1. The maximum absolute atomic E-state index is 11.1. The number of hydrogen-bond acceptors (Lipinski definition) is 5. The molecule has 2 aromatic rings.